The van der Waals surface area contributed by atoms with Crippen molar-refractivity contribution < 1.29 is 4.79 Å². The molecule has 0 saturated heterocycles. The molecule has 0 spiro atoms. The lowest BCUT2D eigenvalue weighted by molar-refractivity contribution is -0.117. The Kier molecular flexibility index (Phi) is 9.18. The molecule has 1 unspecified atom stereocenters. The molecule has 0 saturated carbocycles. The second kappa shape index (κ2) is 9.72. The summed E-state index contributed by atoms with van der Waals surface area (Å²) >= 11 is 0. The number of benzene rings is 1. The Morgan fingerprint density at radius 3 is 2.59 bits per heavy atom. The van der Waals surface area contributed by atoms with Gasteiger partial charge in [-0.15, -0.1) is 24.8 Å². The minimum Gasteiger partial charge on any atom is -0.347 e. The van der Waals surface area contributed by atoms with Crippen molar-refractivity contribution in [1.82, 2.24) is 4.57 Å². The highest BCUT2D eigenvalue weighted by Crippen LogP contribution is 2.21. The third kappa shape index (κ3) is 4.90. The monoisotopic (exact) mass is 345 g/mol. The minimum absolute atomic E-state index is 0. The molecule has 1 heterocycles. The van der Waals surface area contributed by atoms with E-state index in [1.54, 1.807) is 0 Å². The molecule has 1 amide bonds. The fourth-order valence-corrected chi connectivity index (χ4v) is 2.39. The lowest BCUT2D eigenvalue weighted by Crippen LogP contribution is -2.35. The Morgan fingerprint density at radius 2 is 1.95 bits per heavy atom. The zero-order valence-electron chi connectivity index (χ0n) is 13.0. The maximum Gasteiger partial charge on any atom is 0.241 e. The van der Waals surface area contributed by atoms with Crippen LogP contribution in [0, 0.1) is 0 Å². The smallest absolute Gasteiger partial charge is 0.241 e. The van der Waals surface area contributed by atoms with Crippen LogP contribution in [-0.2, 0) is 11.3 Å². The molecule has 0 aliphatic rings. The predicted octanol–water partition coefficient (Wildman–Crippen LogP) is 3.96. The number of aromatic nitrogens is 1. The van der Waals surface area contributed by atoms with E-state index in [9.17, 15) is 4.79 Å². The Labute approximate surface area is 144 Å². The summed E-state index contributed by atoms with van der Waals surface area (Å²) in [5.41, 5.74) is 7.82. The summed E-state index contributed by atoms with van der Waals surface area (Å²) in [6.07, 6.45) is 4.81. The number of nitrogens with two attached hydrogens (primary N) is 1. The van der Waals surface area contributed by atoms with Gasteiger partial charge in [-0.25, -0.2) is 0 Å². The lowest BCUT2D eigenvalue weighted by atomic mass is 10.1. The molecule has 1 aromatic carbocycles. The number of fused-ring (bicyclic) bond motifs is 1. The van der Waals surface area contributed by atoms with Gasteiger partial charge >= 0.3 is 0 Å². The number of hydrogen-bond acceptors (Lipinski definition) is 2. The molecule has 4 nitrogen and oxygen atoms in total. The van der Waals surface area contributed by atoms with Gasteiger partial charge in [0.1, 0.15) is 0 Å². The SMILES string of the molecule is CCCC(N)C(=O)Nc1ccc2c(ccn2CCC)c1.Cl.Cl. The van der Waals surface area contributed by atoms with Crippen LogP contribution in [0.25, 0.3) is 10.9 Å². The first-order valence-electron chi connectivity index (χ1n) is 7.31. The fourth-order valence-electron chi connectivity index (χ4n) is 2.39. The van der Waals surface area contributed by atoms with Crippen molar-refractivity contribution in [2.24, 2.45) is 5.73 Å². The summed E-state index contributed by atoms with van der Waals surface area (Å²) in [5, 5.41) is 4.03. The van der Waals surface area contributed by atoms with Crippen LogP contribution in [0.3, 0.4) is 0 Å². The van der Waals surface area contributed by atoms with E-state index < -0.39 is 6.04 Å². The molecule has 0 bridgehead atoms. The number of amides is 1. The van der Waals surface area contributed by atoms with Gasteiger partial charge in [0.05, 0.1) is 6.04 Å². The van der Waals surface area contributed by atoms with Gasteiger partial charge in [-0.2, -0.15) is 0 Å². The third-order valence-electron chi connectivity index (χ3n) is 3.44. The van der Waals surface area contributed by atoms with Crippen molar-refractivity contribution in [3.8, 4) is 0 Å². The van der Waals surface area contributed by atoms with Gasteiger partial charge in [0.2, 0.25) is 5.91 Å². The fraction of sp³-hybridized carbons (Fsp3) is 0.438. The van der Waals surface area contributed by atoms with Crippen LogP contribution in [0.2, 0.25) is 0 Å². The van der Waals surface area contributed by atoms with Crippen molar-refractivity contribution in [3.63, 3.8) is 0 Å². The molecule has 1 atom stereocenters. The van der Waals surface area contributed by atoms with E-state index >= 15 is 0 Å². The van der Waals surface area contributed by atoms with Crippen LogP contribution in [0.4, 0.5) is 5.69 Å². The molecule has 0 fully saturated rings. The maximum absolute atomic E-state index is 11.9. The number of anilines is 1. The first-order valence-corrected chi connectivity index (χ1v) is 7.31. The van der Waals surface area contributed by atoms with Crippen LogP contribution >= 0.6 is 24.8 Å². The number of rotatable bonds is 6. The molecule has 1 aromatic heterocycles. The maximum atomic E-state index is 11.9. The molecule has 0 aliphatic heterocycles. The topological polar surface area (TPSA) is 60.1 Å². The molecule has 3 N–H and O–H groups in total. The second-order valence-electron chi connectivity index (χ2n) is 5.17. The van der Waals surface area contributed by atoms with Gasteiger partial charge in [-0.05, 0) is 37.1 Å². The van der Waals surface area contributed by atoms with Crippen LogP contribution in [0.1, 0.15) is 33.1 Å². The van der Waals surface area contributed by atoms with Crippen molar-refractivity contribution in [1.29, 1.82) is 0 Å². The molecule has 124 valence electrons. The molecule has 22 heavy (non-hydrogen) atoms. The average Bonchev–Trinajstić information content (AvgIpc) is 2.82. The Balaban J connectivity index is 0.00000220. The van der Waals surface area contributed by atoms with Gasteiger partial charge < -0.3 is 15.6 Å². The van der Waals surface area contributed by atoms with E-state index in [2.05, 4.69) is 29.1 Å². The van der Waals surface area contributed by atoms with Crippen LogP contribution in [-0.4, -0.2) is 16.5 Å². The van der Waals surface area contributed by atoms with Gasteiger partial charge in [-0.3, -0.25) is 4.79 Å². The first-order chi connectivity index (χ1) is 9.65. The molecular weight excluding hydrogens is 321 g/mol. The van der Waals surface area contributed by atoms with E-state index in [4.69, 9.17) is 5.73 Å². The van der Waals surface area contributed by atoms with Gasteiger partial charge in [-0.1, -0.05) is 20.3 Å². The number of aryl methyl sites for hydroxylation is 1. The minimum atomic E-state index is -0.430. The van der Waals surface area contributed by atoms with Crippen LogP contribution < -0.4 is 11.1 Å². The largest absolute Gasteiger partial charge is 0.347 e. The molecular formula is C16H25Cl2N3O. The predicted molar refractivity (Wildman–Crippen MR) is 98.2 cm³/mol. The van der Waals surface area contributed by atoms with E-state index in [1.165, 1.54) is 5.52 Å². The van der Waals surface area contributed by atoms with Gasteiger partial charge in [0.25, 0.3) is 0 Å². The molecule has 0 radical (unpaired) electrons. The van der Waals surface area contributed by atoms with Crippen molar-refractivity contribution in [2.45, 2.75) is 45.7 Å². The highest BCUT2D eigenvalue weighted by Gasteiger charge is 2.12. The van der Waals surface area contributed by atoms with Crippen molar-refractivity contribution in [2.75, 3.05) is 5.32 Å². The number of nitrogens with one attached hydrogen (secondary N) is 1. The second-order valence-corrected chi connectivity index (χ2v) is 5.17. The lowest BCUT2D eigenvalue weighted by Gasteiger charge is -2.11. The van der Waals surface area contributed by atoms with E-state index in [0.717, 1.165) is 30.5 Å². The highest BCUT2D eigenvalue weighted by atomic mass is 35.5. The Bertz CT molecular complexity index is 598. The Morgan fingerprint density at radius 1 is 1.23 bits per heavy atom. The van der Waals surface area contributed by atoms with Gasteiger partial charge in [0.15, 0.2) is 0 Å². The molecule has 2 rings (SSSR count). The number of nitrogens with zero attached hydrogens (tertiary/aromatic N) is 1. The summed E-state index contributed by atoms with van der Waals surface area (Å²) in [6, 6.07) is 7.63. The first kappa shape index (κ1) is 20.8. The molecule has 0 aliphatic carbocycles. The third-order valence-corrected chi connectivity index (χ3v) is 3.44. The van der Waals surface area contributed by atoms with Crippen LogP contribution in [0.15, 0.2) is 30.5 Å². The van der Waals surface area contributed by atoms with E-state index in [-0.39, 0.29) is 30.7 Å². The number of carbonyl (C=O) groups is 1. The quantitative estimate of drug-likeness (QED) is 0.832. The zero-order valence-corrected chi connectivity index (χ0v) is 14.7. The summed E-state index contributed by atoms with van der Waals surface area (Å²) in [5.74, 6) is -0.112. The standard InChI is InChI=1S/C16H23N3O.2ClH/c1-3-5-14(17)16(20)18-13-6-7-15-12(11-13)8-10-19(15)9-4-2;;/h6-8,10-11,14H,3-5,9,17H2,1-2H3,(H,18,20);2*1H. The Hall–Kier alpha value is -1.23. The molecule has 6 heteroatoms. The molecule has 2 aromatic rings. The summed E-state index contributed by atoms with van der Waals surface area (Å²) in [7, 11) is 0. The number of hydrogen-bond donors (Lipinski definition) is 2. The zero-order chi connectivity index (χ0) is 14.5. The van der Waals surface area contributed by atoms with Crippen molar-refractivity contribution >= 4 is 47.3 Å². The van der Waals surface area contributed by atoms with Gasteiger partial charge in [0, 0.05) is 29.3 Å². The van der Waals surface area contributed by atoms with Crippen molar-refractivity contribution in [3.05, 3.63) is 30.5 Å². The normalized spacial score (nSPS) is 11.4. The summed E-state index contributed by atoms with van der Waals surface area (Å²) in [6.45, 7) is 5.20. The van der Waals surface area contributed by atoms with E-state index in [0.29, 0.717) is 6.42 Å². The number of carbonyl (C=O) groups excluding carboxylic acids is 1. The summed E-state index contributed by atoms with van der Waals surface area (Å²) in [4.78, 5) is 11.9. The number of halogens is 2. The average molecular weight is 346 g/mol. The van der Waals surface area contributed by atoms with Crippen LogP contribution in [0.5, 0.6) is 0 Å². The summed E-state index contributed by atoms with van der Waals surface area (Å²) < 4.78 is 2.23. The highest BCUT2D eigenvalue weighted by molar-refractivity contribution is 5.96. The van der Waals surface area contributed by atoms with E-state index in [1.807, 2.05) is 25.1 Å².